The molecule has 1 aliphatic heterocycles. The van der Waals surface area contributed by atoms with Crippen molar-refractivity contribution in [3.8, 4) is 0 Å². The number of carbonyl (C=O) groups excluding carboxylic acids is 2. The van der Waals surface area contributed by atoms with E-state index in [1.165, 1.54) is 4.90 Å². The first-order chi connectivity index (χ1) is 9.09. The van der Waals surface area contributed by atoms with Crippen molar-refractivity contribution < 1.29 is 9.59 Å². The van der Waals surface area contributed by atoms with Crippen LogP contribution in [0.15, 0.2) is 37.2 Å². The topological polar surface area (TPSA) is 62.3 Å². The van der Waals surface area contributed by atoms with Gasteiger partial charge in [0, 0.05) is 24.5 Å². The normalized spacial score (nSPS) is 22.5. The summed E-state index contributed by atoms with van der Waals surface area (Å²) in [6.45, 7) is 5.74. The van der Waals surface area contributed by atoms with Gasteiger partial charge in [0.05, 0.1) is 0 Å². The maximum absolute atomic E-state index is 12.4. The summed E-state index contributed by atoms with van der Waals surface area (Å²) in [5.74, 6) is -0.227. The molecule has 1 aliphatic rings. The van der Waals surface area contributed by atoms with E-state index in [1.54, 1.807) is 37.5 Å². The summed E-state index contributed by atoms with van der Waals surface area (Å²) in [6, 6.07) is 3.19. The predicted molar refractivity (Wildman–Crippen MR) is 71.3 cm³/mol. The first kappa shape index (κ1) is 13.3. The van der Waals surface area contributed by atoms with Crippen LogP contribution in [0.2, 0.25) is 0 Å². The molecule has 1 N–H and O–H groups in total. The van der Waals surface area contributed by atoms with E-state index >= 15 is 0 Å². The average molecular weight is 259 g/mol. The lowest BCUT2D eigenvalue weighted by Gasteiger charge is -2.21. The Morgan fingerprint density at radius 2 is 2.32 bits per heavy atom. The van der Waals surface area contributed by atoms with Crippen molar-refractivity contribution in [2.24, 2.45) is 0 Å². The average Bonchev–Trinajstić information content (AvgIpc) is 2.64. The zero-order chi connectivity index (χ0) is 13.9. The summed E-state index contributed by atoms with van der Waals surface area (Å²) in [5.41, 5.74) is -0.320. The number of imide groups is 1. The summed E-state index contributed by atoms with van der Waals surface area (Å²) < 4.78 is 0. The third-order valence-electron chi connectivity index (χ3n) is 3.30. The lowest BCUT2D eigenvalue weighted by atomic mass is 9.93. The fourth-order valence-electron chi connectivity index (χ4n) is 2.15. The van der Waals surface area contributed by atoms with E-state index in [1.807, 2.05) is 0 Å². The third-order valence-corrected chi connectivity index (χ3v) is 3.30. The van der Waals surface area contributed by atoms with Crippen molar-refractivity contribution in [2.75, 3.05) is 6.54 Å². The quantitative estimate of drug-likeness (QED) is 0.498. The van der Waals surface area contributed by atoms with Gasteiger partial charge < -0.3 is 5.32 Å². The number of urea groups is 1. The van der Waals surface area contributed by atoms with Gasteiger partial charge in [0.1, 0.15) is 5.54 Å². The van der Waals surface area contributed by atoms with Crippen LogP contribution in [-0.2, 0) is 10.3 Å². The molecule has 0 unspecified atom stereocenters. The summed E-state index contributed by atoms with van der Waals surface area (Å²) in [4.78, 5) is 29.6. The Morgan fingerprint density at radius 3 is 2.95 bits per heavy atom. The number of hydrogen-bond acceptors (Lipinski definition) is 3. The first-order valence-corrected chi connectivity index (χ1v) is 6.25. The summed E-state index contributed by atoms with van der Waals surface area (Å²) >= 11 is 0. The minimum atomic E-state index is -1.01. The van der Waals surface area contributed by atoms with E-state index < -0.39 is 5.54 Å². The van der Waals surface area contributed by atoms with Crippen LogP contribution < -0.4 is 5.32 Å². The van der Waals surface area contributed by atoms with Crippen LogP contribution in [0.5, 0.6) is 0 Å². The fourth-order valence-corrected chi connectivity index (χ4v) is 2.15. The Bertz CT molecular complexity index is 501. The highest BCUT2D eigenvalue weighted by atomic mass is 16.2. The number of hydrogen-bond donors (Lipinski definition) is 1. The minimum absolute atomic E-state index is 0.227. The van der Waals surface area contributed by atoms with E-state index in [-0.39, 0.29) is 11.9 Å². The van der Waals surface area contributed by atoms with Gasteiger partial charge in [-0.3, -0.25) is 14.7 Å². The molecule has 2 rings (SSSR count). The number of allylic oxidation sites excluding steroid dienone is 1. The zero-order valence-electron chi connectivity index (χ0n) is 10.9. The first-order valence-electron chi connectivity index (χ1n) is 6.25. The second kappa shape index (κ2) is 5.22. The molecule has 5 nitrogen and oxygen atoms in total. The molecule has 1 fully saturated rings. The molecule has 5 heteroatoms. The van der Waals surface area contributed by atoms with Crippen LogP contribution in [0.3, 0.4) is 0 Å². The van der Waals surface area contributed by atoms with Crippen LogP contribution in [0.25, 0.3) is 0 Å². The van der Waals surface area contributed by atoms with E-state index in [2.05, 4.69) is 16.9 Å². The number of pyridine rings is 1. The van der Waals surface area contributed by atoms with Crippen molar-refractivity contribution >= 4 is 11.9 Å². The van der Waals surface area contributed by atoms with Crippen molar-refractivity contribution in [1.82, 2.24) is 15.2 Å². The third kappa shape index (κ3) is 2.36. The maximum atomic E-state index is 12.4. The summed E-state index contributed by atoms with van der Waals surface area (Å²) in [7, 11) is 0. The molecule has 1 aromatic rings. The molecule has 0 aliphatic carbocycles. The Kier molecular flexibility index (Phi) is 3.64. The molecule has 0 bridgehead atoms. The zero-order valence-corrected chi connectivity index (χ0v) is 10.9. The van der Waals surface area contributed by atoms with Gasteiger partial charge in [-0.15, -0.1) is 6.58 Å². The molecule has 2 heterocycles. The number of carbonyl (C=O) groups is 2. The van der Waals surface area contributed by atoms with Gasteiger partial charge in [-0.25, -0.2) is 4.79 Å². The summed E-state index contributed by atoms with van der Waals surface area (Å²) in [6.07, 6.45) is 6.52. The highest BCUT2D eigenvalue weighted by Crippen LogP contribution is 2.28. The number of aromatic nitrogens is 1. The maximum Gasteiger partial charge on any atom is 0.325 e. The van der Waals surface area contributed by atoms with Gasteiger partial charge in [-0.2, -0.15) is 0 Å². The van der Waals surface area contributed by atoms with Gasteiger partial charge in [-0.05, 0) is 25.8 Å². The Hall–Kier alpha value is -2.17. The van der Waals surface area contributed by atoms with Gasteiger partial charge in [-0.1, -0.05) is 12.1 Å². The largest absolute Gasteiger partial charge is 0.325 e. The molecule has 100 valence electrons. The van der Waals surface area contributed by atoms with E-state index in [0.717, 1.165) is 12.8 Å². The van der Waals surface area contributed by atoms with Gasteiger partial charge >= 0.3 is 6.03 Å². The number of nitrogens with one attached hydrogen (secondary N) is 1. The van der Waals surface area contributed by atoms with Crippen molar-refractivity contribution in [1.29, 1.82) is 0 Å². The van der Waals surface area contributed by atoms with Gasteiger partial charge in [0.25, 0.3) is 5.91 Å². The van der Waals surface area contributed by atoms with Gasteiger partial charge in [0.2, 0.25) is 0 Å². The Balaban J connectivity index is 2.19. The highest BCUT2D eigenvalue weighted by molar-refractivity contribution is 6.07. The fraction of sp³-hybridized carbons (Fsp3) is 0.357. The Morgan fingerprint density at radius 1 is 1.53 bits per heavy atom. The lowest BCUT2D eigenvalue weighted by Crippen LogP contribution is -2.41. The molecule has 0 aromatic carbocycles. The Labute approximate surface area is 112 Å². The molecule has 19 heavy (non-hydrogen) atoms. The number of amides is 3. The molecule has 0 spiro atoms. The minimum Gasteiger partial charge on any atom is -0.319 e. The van der Waals surface area contributed by atoms with Crippen LogP contribution in [0, 0.1) is 0 Å². The standard InChI is InChI=1S/C14H17N3O2/c1-3-4-5-9-17-12(18)14(2,16-13(17)19)11-7-6-8-15-10-11/h3,6-8,10H,1,4-5,9H2,2H3,(H,16,19)/t14-/m1/s1. The second-order valence-corrected chi connectivity index (χ2v) is 4.68. The van der Waals surface area contributed by atoms with E-state index in [4.69, 9.17) is 0 Å². The molecule has 1 aromatic heterocycles. The lowest BCUT2D eigenvalue weighted by molar-refractivity contribution is -0.131. The molecular weight excluding hydrogens is 242 g/mol. The van der Waals surface area contributed by atoms with Crippen LogP contribution in [-0.4, -0.2) is 28.4 Å². The van der Waals surface area contributed by atoms with E-state index in [9.17, 15) is 9.59 Å². The smallest absolute Gasteiger partial charge is 0.319 e. The van der Waals surface area contributed by atoms with Gasteiger partial charge in [0.15, 0.2) is 0 Å². The molecule has 0 saturated carbocycles. The number of rotatable bonds is 5. The van der Waals surface area contributed by atoms with Crippen molar-refractivity contribution in [2.45, 2.75) is 25.3 Å². The number of nitrogens with zero attached hydrogens (tertiary/aromatic N) is 2. The second-order valence-electron chi connectivity index (χ2n) is 4.68. The monoisotopic (exact) mass is 259 g/mol. The molecule has 3 amide bonds. The molecule has 1 atom stereocenters. The molecular formula is C14H17N3O2. The van der Waals surface area contributed by atoms with Crippen molar-refractivity contribution in [3.05, 3.63) is 42.7 Å². The molecule has 0 radical (unpaired) electrons. The highest BCUT2D eigenvalue weighted by Gasteiger charge is 2.48. The van der Waals surface area contributed by atoms with E-state index in [0.29, 0.717) is 12.1 Å². The summed E-state index contributed by atoms with van der Waals surface area (Å²) in [5, 5.41) is 2.74. The molecule has 1 saturated heterocycles. The van der Waals surface area contributed by atoms with Crippen LogP contribution >= 0.6 is 0 Å². The van der Waals surface area contributed by atoms with Crippen LogP contribution in [0.4, 0.5) is 4.79 Å². The predicted octanol–water partition coefficient (Wildman–Crippen LogP) is 1.81. The number of unbranched alkanes of at least 4 members (excludes halogenated alkanes) is 1. The van der Waals surface area contributed by atoms with Crippen molar-refractivity contribution in [3.63, 3.8) is 0 Å². The SMILES string of the molecule is C=CCCCN1C(=O)N[C@](C)(c2cccnc2)C1=O. The van der Waals surface area contributed by atoms with Crippen LogP contribution in [0.1, 0.15) is 25.3 Å².